The highest BCUT2D eigenvalue weighted by molar-refractivity contribution is 7.26. The van der Waals surface area contributed by atoms with Gasteiger partial charge in [0.2, 0.25) is 0 Å². The number of ether oxygens (including phenoxy) is 1. The molecule has 9 aromatic carbocycles. The molecular formula is C59H36N3OS+. The molecule has 3 aromatic heterocycles. The third-order valence-corrected chi connectivity index (χ3v) is 14.7. The van der Waals surface area contributed by atoms with Crippen molar-refractivity contribution in [3.05, 3.63) is 235 Å². The van der Waals surface area contributed by atoms with Crippen LogP contribution in [0.5, 0.6) is 11.5 Å². The second kappa shape index (κ2) is 13.4. The van der Waals surface area contributed by atoms with E-state index in [4.69, 9.17) is 14.7 Å². The largest absolute Gasteiger partial charge is 0.545 e. The van der Waals surface area contributed by atoms with Gasteiger partial charge in [0.05, 0.1) is 50.2 Å². The number of aromatic nitrogens is 3. The third-order valence-electron chi connectivity index (χ3n) is 13.5. The molecule has 0 saturated carbocycles. The molecule has 4 nitrogen and oxygen atoms in total. The third kappa shape index (κ3) is 4.87. The zero-order valence-electron chi connectivity index (χ0n) is 34.4. The lowest BCUT2D eigenvalue weighted by atomic mass is 9.61. The van der Waals surface area contributed by atoms with Crippen molar-refractivity contribution in [1.82, 2.24) is 14.5 Å². The standard InChI is InChI=1S/C59H35N3OS/c1-3-16-36(17-4-1)48-35-49(37-18-5-2-6-19-37)61-58(60-48)42-23-15-31-54-55(42)43-34-38(32-33-53(43)64-54)39-21-13-27-47-57(39)63-52-30-12-9-25-45(52)59(47)44-24-8-11-29-51(44)62-50-28-10-7-20-40(50)41-22-14-26-46(59)56(41)62/h1-35H/p+1. The average Bonchev–Trinajstić information content (AvgIpc) is 3.92. The minimum atomic E-state index is -0.617. The summed E-state index contributed by atoms with van der Waals surface area (Å²) in [5.74, 6) is 2.71. The molecule has 1 spiro atoms. The topological polar surface area (TPSA) is 43.5 Å². The van der Waals surface area contributed by atoms with Crippen molar-refractivity contribution in [2.45, 2.75) is 5.41 Å². The van der Waals surface area contributed by atoms with E-state index in [0.717, 1.165) is 56.1 Å². The second-order valence-corrected chi connectivity index (χ2v) is 17.9. The number of fused-ring (bicyclic) bond motifs is 14. The van der Waals surface area contributed by atoms with Gasteiger partial charge in [-0.05, 0) is 71.3 Å². The van der Waals surface area contributed by atoms with E-state index in [1.54, 1.807) is 0 Å². The number of nitrogens with zero attached hydrogens (tertiary/aromatic N) is 3. The summed E-state index contributed by atoms with van der Waals surface area (Å²) in [6, 6.07) is 76.8. The van der Waals surface area contributed by atoms with Crippen LogP contribution in [-0.2, 0) is 5.41 Å². The van der Waals surface area contributed by atoms with Gasteiger partial charge in [-0.3, -0.25) is 0 Å². The molecule has 12 aromatic rings. The first-order valence-electron chi connectivity index (χ1n) is 21.8. The lowest BCUT2D eigenvalue weighted by Gasteiger charge is -2.43. The van der Waals surface area contributed by atoms with Gasteiger partial charge >= 0.3 is 0 Å². The molecule has 298 valence electrons. The van der Waals surface area contributed by atoms with E-state index in [1.165, 1.54) is 64.5 Å². The smallest absolute Gasteiger partial charge is 0.273 e. The summed E-state index contributed by atoms with van der Waals surface area (Å²) in [6.07, 6.45) is 0. The molecule has 0 amide bonds. The van der Waals surface area contributed by atoms with Crippen LogP contribution in [0.3, 0.4) is 0 Å². The fourth-order valence-electron chi connectivity index (χ4n) is 10.9. The molecule has 0 fully saturated rings. The molecule has 64 heavy (non-hydrogen) atoms. The Morgan fingerprint density at radius 1 is 0.438 bits per heavy atom. The van der Waals surface area contributed by atoms with Crippen molar-refractivity contribution < 1.29 is 4.74 Å². The maximum atomic E-state index is 5.62. The average molecular weight is 835 g/mol. The molecule has 1 unspecified atom stereocenters. The highest BCUT2D eigenvalue weighted by Gasteiger charge is 2.53. The molecule has 0 saturated heterocycles. The first-order valence-corrected chi connectivity index (χ1v) is 22.6. The number of hydrogen-bond acceptors (Lipinski definition) is 3. The number of benzene rings is 9. The fourth-order valence-corrected chi connectivity index (χ4v) is 12.0. The summed E-state index contributed by atoms with van der Waals surface area (Å²) in [6.45, 7) is 0. The summed E-state index contributed by atoms with van der Waals surface area (Å²) in [4.78, 5) is 10.6. The van der Waals surface area contributed by atoms with E-state index < -0.39 is 5.41 Å². The van der Waals surface area contributed by atoms with Gasteiger partial charge in [0.25, 0.3) is 11.5 Å². The van der Waals surface area contributed by atoms with E-state index in [9.17, 15) is 0 Å². The van der Waals surface area contributed by atoms with Gasteiger partial charge in [-0.2, -0.15) is 0 Å². The Hall–Kier alpha value is -8.12. The molecule has 0 aliphatic carbocycles. The Morgan fingerprint density at radius 2 is 1.08 bits per heavy atom. The van der Waals surface area contributed by atoms with Crippen LogP contribution in [-0.4, -0.2) is 19.3 Å². The van der Waals surface area contributed by atoms with Crippen LogP contribution in [0.4, 0.5) is 0 Å². The number of thiophene rings is 1. The first kappa shape index (κ1) is 35.5. The summed E-state index contributed by atoms with van der Waals surface area (Å²) in [5, 5.41) is 4.87. The minimum Gasteiger partial charge on any atom is -0.545 e. The highest BCUT2D eigenvalue weighted by Crippen LogP contribution is 2.62. The lowest BCUT2D eigenvalue weighted by Crippen LogP contribution is -2.37. The Kier molecular flexibility index (Phi) is 7.45. The van der Waals surface area contributed by atoms with Crippen molar-refractivity contribution in [3.63, 3.8) is 0 Å². The molecule has 2 aliphatic heterocycles. The Bertz CT molecular complexity index is 3830. The van der Waals surface area contributed by atoms with E-state index >= 15 is 0 Å². The molecule has 2 aliphatic rings. The summed E-state index contributed by atoms with van der Waals surface area (Å²) in [5.41, 5.74) is 15.1. The van der Waals surface area contributed by atoms with Crippen LogP contribution in [0, 0.1) is 0 Å². The minimum absolute atomic E-state index is 0.617. The van der Waals surface area contributed by atoms with Gasteiger partial charge in [0.15, 0.2) is 5.82 Å². The molecule has 5 heterocycles. The Morgan fingerprint density at radius 3 is 1.91 bits per heavy atom. The second-order valence-electron chi connectivity index (χ2n) is 16.8. The maximum Gasteiger partial charge on any atom is 0.273 e. The van der Waals surface area contributed by atoms with Crippen molar-refractivity contribution in [3.8, 4) is 62.2 Å². The van der Waals surface area contributed by atoms with Crippen LogP contribution in [0.15, 0.2) is 212 Å². The zero-order chi connectivity index (χ0) is 41.9. The molecular weight excluding hydrogens is 799 g/mol. The highest BCUT2D eigenvalue weighted by atomic mass is 32.1. The van der Waals surface area contributed by atoms with Crippen molar-refractivity contribution in [2.24, 2.45) is 0 Å². The molecule has 0 bridgehead atoms. The van der Waals surface area contributed by atoms with Crippen LogP contribution in [0.2, 0.25) is 0 Å². The molecule has 14 rings (SSSR count). The Labute approximate surface area is 373 Å². The van der Waals surface area contributed by atoms with E-state index in [1.807, 2.05) is 23.5 Å². The van der Waals surface area contributed by atoms with E-state index in [0.29, 0.717) is 5.82 Å². The number of aromatic hydroxyl groups is 2. The SMILES string of the molecule is c1ccc(-c2cc(-c3ccccc3)nc(-c3cccc4sc5ccc(-c6cccc7c6[OH+]c6ccccc6C76c7ccccc7-n7c8ccccc8c8cccc6c87)cc5c34)n2)cc1. The fraction of sp³-hybridized carbons (Fsp3) is 0.0169. The van der Waals surface area contributed by atoms with Gasteiger partial charge in [-0.25, -0.2) is 9.97 Å². The lowest BCUT2D eigenvalue weighted by molar-refractivity contribution is 0.180. The van der Waals surface area contributed by atoms with E-state index in [-0.39, 0.29) is 0 Å². The van der Waals surface area contributed by atoms with Gasteiger partial charge in [-0.1, -0.05) is 152 Å². The monoisotopic (exact) mass is 834 g/mol. The van der Waals surface area contributed by atoms with Gasteiger partial charge in [0.1, 0.15) is 0 Å². The van der Waals surface area contributed by atoms with Crippen LogP contribution < -0.4 is 0 Å². The van der Waals surface area contributed by atoms with Gasteiger partial charge < -0.3 is 9.30 Å². The zero-order valence-corrected chi connectivity index (χ0v) is 35.2. The number of hydrogen-bond donors (Lipinski definition) is 0. The predicted octanol–water partition coefficient (Wildman–Crippen LogP) is 15.3. The van der Waals surface area contributed by atoms with Gasteiger partial charge in [-0.15, -0.1) is 11.3 Å². The quantitative estimate of drug-likeness (QED) is 0.166. The summed E-state index contributed by atoms with van der Waals surface area (Å²) >= 11 is 1.82. The summed E-state index contributed by atoms with van der Waals surface area (Å²) in [7, 11) is 0. The molecule has 5 heteroatoms. The molecule has 1 N–H and O–H groups in total. The van der Waals surface area contributed by atoms with Crippen LogP contribution >= 0.6 is 11.3 Å². The number of para-hydroxylation sites is 5. The summed E-state index contributed by atoms with van der Waals surface area (Å²) < 4.78 is 10.5. The van der Waals surface area contributed by atoms with E-state index in [2.05, 4.69) is 205 Å². The van der Waals surface area contributed by atoms with Crippen LogP contribution in [0.1, 0.15) is 22.3 Å². The van der Waals surface area contributed by atoms with Gasteiger partial charge in [0, 0.05) is 53.7 Å². The Balaban J connectivity index is 1.01. The van der Waals surface area contributed by atoms with Crippen molar-refractivity contribution in [2.75, 3.05) is 0 Å². The normalized spacial score (nSPS) is 14.8. The first-order chi connectivity index (χ1) is 31.7. The maximum absolute atomic E-state index is 5.62. The van der Waals surface area contributed by atoms with Crippen LogP contribution in [0.25, 0.3) is 92.7 Å². The number of rotatable bonds is 4. The predicted molar refractivity (Wildman–Crippen MR) is 264 cm³/mol. The van der Waals surface area contributed by atoms with Crippen molar-refractivity contribution in [1.29, 1.82) is 0 Å². The molecule has 0 radical (unpaired) electrons. The van der Waals surface area contributed by atoms with Crippen molar-refractivity contribution >= 4 is 53.3 Å². The molecule has 1 atom stereocenters.